The van der Waals surface area contributed by atoms with Crippen molar-refractivity contribution in [3.8, 4) is 0 Å². The molecule has 3 amide bonds. The SMILES string of the molecule is CCCCC(CCC)NC(=O)N[C@@H](CCC(N)=O)C(=O)O. The number of rotatable bonds is 11. The van der Waals surface area contributed by atoms with Crippen LogP contribution in [0.15, 0.2) is 0 Å². The Hall–Kier alpha value is -1.79. The van der Waals surface area contributed by atoms with E-state index in [4.69, 9.17) is 10.8 Å². The molecule has 0 aliphatic rings. The predicted molar refractivity (Wildman–Crippen MR) is 79.7 cm³/mol. The summed E-state index contributed by atoms with van der Waals surface area (Å²) in [5.41, 5.74) is 4.99. The van der Waals surface area contributed by atoms with Crippen molar-refractivity contribution in [3.05, 3.63) is 0 Å². The van der Waals surface area contributed by atoms with E-state index in [1.807, 2.05) is 6.92 Å². The van der Waals surface area contributed by atoms with E-state index in [0.717, 1.165) is 32.1 Å². The first kappa shape index (κ1) is 19.2. The van der Waals surface area contributed by atoms with Gasteiger partial charge in [-0.3, -0.25) is 4.79 Å². The fourth-order valence-corrected chi connectivity index (χ4v) is 2.02. The number of aliphatic carboxylic acids is 1. The van der Waals surface area contributed by atoms with Gasteiger partial charge in [0.1, 0.15) is 6.04 Å². The summed E-state index contributed by atoms with van der Waals surface area (Å²) in [5.74, 6) is -1.76. The quantitative estimate of drug-likeness (QED) is 0.460. The molecule has 2 atom stereocenters. The summed E-state index contributed by atoms with van der Waals surface area (Å²) >= 11 is 0. The van der Waals surface area contributed by atoms with E-state index < -0.39 is 23.9 Å². The van der Waals surface area contributed by atoms with Gasteiger partial charge in [-0.25, -0.2) is 9.59 Å². The van der Waals surface area contributed by atoms with E-state index in [2.05, 4.69) is 17.6 Å². The lowest BCUT2D eigenvalue weighted by molar-refractivity contribution is -0.139. The van der Waals surface area contributed by atoms with Gasteiger partial charge in [0.2, 0.25) is 5.91 Å². The molecule has 0 aromatic rings. The van der Waals surface area contributed by atoms with Gasteiger partial charge in [0, 0.05) is 12.5 Å². The van der Waals surface area contributed by atoms with Crippen molar-refractivity contribution in [1.82, 2.24) is 10.6 Å². The largest absolute Gasteiger partial charge is 0.480 e. The van der Waals surface area contributed by atoms with E-state index in [0.29, 0.717) is 0 Å². The van der Waals surface area contributed by atoms with Crippen LogP contribution in [0.4, 0.5) is 4.79 Å². The number of amides is 3. The van der Waals surface area contributed by atoms with Crippen LogP contribution in [0, 0.1) is 0 Å². The first-order valence-corrected chi connectivity index (χ1v) is 7.48. The standard InChI is InChI=1S/C14H27N3O4/c1-3-5-7-10(6-4-2)16-14(21)17-11(13(19)20)8-9-12(15)18/h10-11H,3-9H2,1-2H3,(H2,15,18)(H,19,20)(H2,16,17,21)/t10?,11-/m0/s1. The molecule has 0 radical (unpaired) electrons. The van der Waals surface area contributed by atoms with E-state index >= 15 is 0 Å². The monoisotopic (exact) mass is 301 g/mol. The summed E-state index contributed by atoms with van der Waals surface area (Å²) in [6, 6.07) is -1.58. The molecule has 21 heavy (non-hydrogen) atoms. The maximum Gasteiger partial charge on any atom is 0.326 e. The number of nitrogens with one attached hydrogen (secondary N) is 2. The molecular weight excluding hydrogens is 274 g/mol. The van der Waals surface area contributed by atoms with Crippen molar-refractivity contribution in [2.45, 2.75) is 70.9 Å². The molecule has 0 spiro atoms. The third-order valence-corrected chi connectivity index (χ3v) is 3.16. The molecule has 0 rings (SSSR count). The maximum atomic E-state index is 11.8. The number of unbranched alkanes of at least 4 members (excludes halogenated alkanes) is 1. The molecule has 1 unspecified atom stereocenters. The Morgan fingerprint density at radius 3 is 2.19 bits per heavy atom. The molecule has 5 N–H and O–H groups in total. The summed E-state index contributed by atoms with van der Waals surface area (Å²) in [5, 5.41) is 14.2. The van der Waals surface area contributed by atoms with Gasteiger partial charge in [-0.05, 0) is 19.3 Å². The number of hydrogen-bond acceptors (Lipinski definition) is 3. The number of carboxylic acid groups (broad SMARTS) is 1. The fraction of sp³-hybridized carbons (Fsp3) is 0.786. The number of carboxylic acids is 1. The second kappa shape index (κ2) is 10.9. The minimum absolute atomic E-state index is 0.00844. The Bertz CT molecular complexity index is 347. The summed E-state index contributed by atoms with van der Waals surface area (Å²) < 4.78 is 0. The van der Waals surface area contributed by atoms with Crippen LogP contribution in [0.3, 0.4) is 0 Å². The van der Waals surface area contributed by atoms with Gasteiger partial charge >= 0.3 is 12.0 Å². The van der Waals surface area contributed by atoms with Crippen LogP contribution in [0.2, 0.25) is 0 Å². The Kier molecular flexibility index (Phi) is 10.0. The van der Waals surface area contributed by atoms with Gasteiger partial charge < -0.3 is 21.5 Å². The Balaban J connectivity index is 4.37. The molecule has 0 saturated heterocycles. The van der Waals surface area contributed by atoms with Crippen molar-refractivity contribution in [1.29, 1.82) is 0 Å². The molecule has 0 fully saturated rings. The molecule has 0 saturated carbocycles. The lowest BCUT2D eigenvalue weighted by Gasteiger charge is -2.20. The van der Waals surface area contributed by atoms with Gasteiger partial charge in [-0.1, -0.05) is 33.1 Å². The summed E-state index contributed by atoms with van der Waals surface area (Å²) in [6.45, 7) is 4.11. The Labute approximate surface area is 125 Å². The molecule has 0 aromatic carbocycles. The predicted octanol–water partition coefficient (Wildman–Crippen LogP) is 1.36. The van der Waals surface area contributed by atoms with Gasteiger partial charge in [-0.15, -0.1) is 0 Å². The number of nitrogens with two attached hydrogens (primary N) is 1. The molecule has 122 valence electrons. The van der Waals surface area contributed by atoms with Crippen molar-refractivity contribution in [2.24, 2.45) is 5.73 Å². The molecule has 7 heteroatoms. The minimum Gasteiger partial charge on any atom is -0.480 e. The normalized spacial score (nSPS) is 13.2. The number of urea groups is 1. The lowest BCUT2D eigenvalue weighted by atomic mass is 10.1. The first-order valence-electron chi connectivity index (χ1n) is 7.48. The second-order valence-electron chi connectivity index (χ2n) is 5.14. The van der Waals surface area contributed by atoms with Crippen LogP contribution < -0.4 is 16.4 Å². The third-order valence-electron chi connectivity index (χ3n) is 3.16. The average Bonchev–Trinajstić information content (AvgIpc) is 2.40. The smallest absolute Gasteiger partial charge is 0.326 e. The number of hydrogen-bond donors (Lipinski definition) is 4. The summed E-state index contributed by atoms with van der Waals surface area (Å²) in [7, 11) is 0. The van der Waals surface area contributed by atoms with E-state index in [1.165, 1.54) is 0 Å². The maximum absolute atomic E-state index is 11.8. The Morgan fingerprint density at radius 2 is 1.71 bits per heavy atom. The van der Waals surface area contributed by atoms with Gasteiger partial charge in [0.25, 0.3) is 0 Å². The highest BCUT2D eigenvalue weighted by Crippen LogP contribution is 2.07. The average molecular weight is 301 g/mol. The van der Waals surface area contributed by atoms with E-state index in [-0.39, 0.29) is 18.9 Å². The first-order chi connectivity index (χ1) is 9.90. The summed E-state index contributed by atoms with van der Waals surface area (Å²) in [6.07, 6.45) is 4.63. The molecule has 0 bridgehead atoms. The molecule has 0 aliphatic carbocycles. The lowest BCUT2D eigenvalue weighted by Crippen LogP contribution is -2.49. The molecule has 0 aromatic heterocycles. The highest BCUT2D eigenvalue weighted by Gasteiger charge is 2.21. The molecule has 7 nitrogen and oxygen atoms in total. The van der Waals surface area contributed by atoms with Crippen LogP contribution >= 0.6 is 0 Å². The highest BCUT2D eigenvalue weighted by molar-refractivity contribution is 5.83. The fourth-order valence-electron chi connectivity index (χ4n) is 2.02. The zero-order valence-electron chi connectivity index (χ0n) is 12.9. The third kappa shape index (κ3) is 9.70. The number of primary amides is 1. The molecular formula is C14H27N3O4. The Morgan fingerprint density at radius 1 is 1.05 bits per heavy atom. The molecule has 0 aliphatic heterocycles. The topological polar surface area (TPSA) is 122 Å². The van der Waals surface area contributed by atoms with Gasteiger partial charge in [0.15, 0.2) is 0 Å². The summed E-state index contributed by atoms with van der Waals surface area (Å²) in [4.78, 5) is 33.6. The highest BCUT2D eigenvalue weighted by atomic mass is 16.4. The van der Waals surface area contributed by atoms with Gasteiger partial charge in [0.05, 0.1) is 0 Å². The molecule has 0 heterocycles. The number of carbonyl (C=O) groups excluding carboxylic acids is 2. The zero-order valence-corrected chi connectivity index (χ0v) is 12.9. The zero-order chi connectivity index (χ0) is 16.3. The number of carbonyl (C=O) groups is 3. The van der Waals surface area contributed by atoms with Crippen LogP contribution in [0.1, 0.15) is 58.8 Å². The van der Waals surface area contributed by atoms with Crippen molar-refractivity contribution >= 4 is 17.9 Å². The van der Waals surface area contributed by atoms with Gasteiger partial charge in [-0.2, -0.15) is 0 Å². The van der Waals surface area contributed by atoms with E-state index in [9.17, 15) is 14.4 Å². The van der Waals surface area contributed by atoms with E-state index in [1.54, 1.807) is 0 Å². The minimum atomic E-state index is -1.17. The van der Waals surface area contributed by atoms with Crippen molar-refractivity contribution < 1.29 is 19.5 Å². The van der Waals surface area contributed by atoms with Crippen LogP contribution in [-0.4, -0.2) is 35.1 Å². The van der Waals surface area contributed by atoms with Crippen LogP contribution in [0.5, 0.6) is 0 Å². The van der Waals surface area contributed by atoms with Crippen LogP contribution in [-0.2, 0) is 9.59 Å². The second-order valence-corrected chi connectivity index (χ2v) is 5.14. The van der Waals surface area contributed by atoms with Crippen LogP contribution in [0.25, 0.3) is 0 Å². The van der Waals surface area contributed by atoms with Crippen molar-refractivity contribution in [2.75, 3.05) is 0 Å². The van der Waals surface area contributed by atoms with Crippen molar-refractivity contribution in [3.63, 3.8) is 0 Å².